The molecule has 4 heteroatoms. The van der Waals surface area contributed by atoms with Gasteiger partial charge in [0.1, 0.15) is 0 Å². The highest BCUT2D eigenvalue weighted by atomic mass is 32.1. The lowest BCUT2D eigenvalue weighted by atomic mass is 9.96. The molecular weight excluding hydrogens is 266 g/mol. The number of nitrogens with two attached hydrogens (primary N) is 1. The maximum atomic E-state index is 6.02. The van der Waals surface area contributed by atoms with Crippen LogP contribution in [-0.2, 0) is 6.54 Å². The molecule has 0 aliphatic rings. The van der Waals surface area contributed by atoms with Gasteiger partial charge in [0, 0.05) is 24.5 Å². The first kappa shape index (κ1) is 15.2. The van der Waals surface area contributed by atoms with Gasteiger partial charge in [-0.1, -0.05) is 18.2 Å². The number of hydrogen-bond acceptors (Lipinski definition) is 4. The van der Waals surface area contributed by atoms with E-state index < -0.39 is 0 Å². The van der Waals surface area contributed by atoms with Crippen LogP contribution in [0.25, 0.3) is 0 Å². The van der Waals surface area contributed by atoms with Crippen LogP contribution in [0, 0.1) is 20.8 Å². The van der Waals surface area contributed by atoms with E-state index in [1.54, 1.807) is 11.3 Å². The molecule has 0 spiro atoms. The van der Waals surface area contributed by atoms with Gasteiger partial charge in [-0.3, -0.25) is 4.90 Å². The van der Waals surface area contributed by atoms with Crippen LogP contribution in [-0.4, -0.2) is 23.5 Å². The van der Waals surface area contributed by atoms with Crippen LogP contribution in [0.5, 0.6) is 0 Å². The van der Waals surface area contributed by atoms with Gasteiger partial charge in [-0.15, -0.1) is 11.3 Å². The zero-order chi connectivity index (χ0) is 14.7. The molecule has 2 N–H and O–H groups in total. The van der Waals surface area contributed by atoms with E-state index in [2.05, 4.69) is 54.4 Å². The Hall–Kier alpha value is -1.23. The van der Waals surface area contributed by atoms with Gasteiger partial charge in [0.15, 0.2) is 0 Å². The zero-order valence-electron chi connectivity index (χ0n) is 12.7. The van der Waals surface area contributed by atoms with Crippen molar-refractivity contribution in [3.8, 4) is 0 Å². The van der Waals surface area contributed by atoms with Gasteiger partial charge in [0.2, 0.25) is 0 Å². The molecular formula is C16H23N3S. The molecule has 0 saturated carbocycles. The summed E-state index contributed by atoms with van der Waals surface area (Å²) in [6, 6.07) is 6.68. The van der Waals surface area contributed by atoms with Crippen molar-refractivity contribution in [2.75, 3.05) is 13.6 Å². The number of aromatic nitrogens is 1. The molecule has 0 amide bonds. The Kier molecular flexibility index (Phi) is 4.91. The molecule has 1 aromatic heterocycles. The minimum absolute atomic E-state index is 0.233. The highest BCUT2D eigenvalue weighted by molar-refractivity contribution is 7.09. The molecule has 0 aliphatic carbocycles. The van der Waals surface area contributed by atoms with Crippen molar-refractivity contribution in [2.24, 2.45) is 5.73 Å². The first-order valence-electron chi connectivity index (χ1n) is 6.90. The van der Waals surface area contributed by atoms with Gasteiger partial charge in [-0.2, -0.15) is 0 Å². The topological polar surface area (TPSA) is 42.2 Å². The summed E-state index contributed by atoms with van der Waals surface area (Å²) in [4.78, 5) is 6.83. The Bertz CT molecular complexity index is 577. The van der Waals surface area contributed by atoms with E-state index in [0.717, 1.165) is 17.2 Å². The third-order valence-electron chi connectivity index (χ3n) is 3.84. The summed E-state index contributed by atoms with van der Waals surface area (Å²) in [7, 11) is 2.12. The fraction of sp³-hybridized carbons (Fsp3) is 0.438. The average molecular weight is 289 g/mol. The molecule has 0 radical (unpaired) electrons. The lowest BCUT2D eigenvalue weighted by Gasteiger charge is -2.28. The fourth-order valence-electron chi connectivity index (χ4n) is 2.53. The van der Waals surface area contributed by atoms with Crippen LogP contribution in [0.3, 0.4) is 0 Å². The van der Waals surface area contributed by atoms with Crippen molar-refractivity contribution in [1.29, 1.82) is 0 Å². The second-order valence-corrected chi connectivity index (χ2v) is 6.38. The third kappa shape index (κ3) is 3.26. The molecule has 1 atom stereocenters. The summed E-state index contributed by atoms with van der Waals surface area (Å²) in [6.45, 7) is 7.81. The van der Waals surface area contributed by atoms with E-state index in [1.807, 2.05) is 6.92 Å². The molecule has 2 aromatic rings. The standard InChI is InChI=1S/C16H23N3S/c1-11-6-5-7-15(12(11)2)16(8-17)19(4)9-14-10-20-13(3)18-14/h5-7,10,16H,8-9,17H2,1-4H3. The van der Waals surface area contributed by atoms with Crippen LogP contribution in [0.4, 0.5) is 0 Å². The molecule has 108 valence electrons. The number of benzene rings is 1. The lowest BCUT2D eigenvalue weighted by Crippen LogP contribution is -2.31. The second-order valence-electron chi connectivity index (χ2n) is 5.31. The van der Waals surface area contributed by atoms with Crippen molar-refractivity contribution in [1.82, 2.24) is 9.88 Å². The smallest absolute Gasteiger partial charge is 0.0897 e. The van der Waals surface area contributed by atoms with Crippen molar-refractivity contribution >= 4 is 11.3 Å². The van der Waals surface area contributed by atoms with Gasteiger partial charge in [0.25, 0.3) is 0 Å². The third-order valence-corrected chi connectivity index (χ3v) is 4.66. The van der Waals surface area contributed by atoms with Crippen LogP contribution in [0.15, 0.2) is 23.6 Å². The van der Waals surface area contributed by atoms with E-state index in [0.29, 0.717) is 6.54 Å². The quantitative estimate of drug-likeness (QED) is 0.919. The average Bonchev–Trinajstić information content (AvgIpc) is 2.81. The summed E-state index contributed by atoms with van der Waals surface area (Å²) < 4.78 is 0. The maximum absolute atomic E-state index is 6.02. The molecule has 0 saturated heterocycles. The number of aryl methyl sites for hydroxylation is 2. The molecule has 20 heavy (non-hydrogen) atoms. The normalized spacial score (nSPS) is 12.9. The highest BCUT2D eigenvalue weighted by Crippen LogP contribution is 2.25. The van der Waals surface area contributed by atoms with E-state index in [1.165, 1.54) is 16.7 Å². The predicted octanol–water partition coefficient (Wildman–Crippen LogP) is 3.20. The number of likely N-dealkylation sites (N-methyl/N-ethyl adjacent to an activating group) is 1. The SMILES string of the molecule is Cc1nc(CN(C)C(CN)c2cccc(C)c2C)cs1. The van der Waals surface area contributed by atoms with E-state index in [-0.39, 0.29) is 6.04 Å². The summed E-state index contributed by atoms with van der Waals surface area (Å²) in [5.74, 6) is 0. The first-order chi connectivity index (χ1) is 9.52. The van der Waals surface area contributed by atoms with E-state index in [9.17, 15) is 0 Å². The Morgan fingerprint density at radius 1 is 1.30 bits per heavy atom. The first-order valence-corrected chi connectivity index (χ1v) is 7.78. The minimum atomic E-state index is 0.233. The molecule has 0 bridgehead atoms. The second kappa shape index (κ2) is 6.48. The Labute approximate surface area is 125 Å². The molecule has 1 unspecified atom stereocenters. The van der Waals surface area contributed by atoms with Crippen LogP contribution in [0.1, 0.15) is 33.4 Å². The van der Waals surface area contributed by atoms with E-state index in [4.69, 9.17) is 5.73 Å². The van der Waals surface area contributed by atoms with Gasteiger partial charge >= 0.3 is 0 Å². The van der Waals surface area contributed by atoms with Crippen LogP contribution in [0.2, 0.25) is 0 Å². The molecule has 1 heterocycles. The van der Waals surface area contributed by atoms with Gasteiger partial charge in [0.05, 0.1) is 10.7 Å². The van der Waals surface area contributed by atoms with Crippen molar-refractivity contribution in [3.05, 3.63) is 51.0 Å². The Morgan fingerprint density at radius 3 is 2.65 bits per heavy atom. The lowest BCUT2D eigenvalue weighted by molar-refractivity contribution is 0.238. The van der Waals surface area contributed by atoms with E-state index >= 15 is 0 Å². The van der Waals surface area contributed by atoms with Gasteiger partial charge < -0.3 is 5.73 Å². The monoisotopic (exact) mass is 289 g/mol. The molecule has 0 fully saturated rings. The molecule has 1 aromatic carbocycles. The van der Waals surface area contributed by atoms with Gasteiger partial charge in [-0.05, 0) is 44.5 Å². The number of nitrogens with zero attached hydrogens (tertiary/aromatic N) is 2. The predicted molar refractivity (Wildman–Crippen MR) is 86.0 cm³/mol. The maximum Gasteiger partial charge on any atom is 0.0897 e. The van der Waals surface area contributed by atoms with Crippen LogP contribution >= 0.6 is 11.3 Å². The summed E-state index contributed by atoms with van der Waals surface area (Å²) >= 11 is 1.70. The summed E-state index contributed by atoms with van der Waals surface area (Å²) in [5.41, 5.74) is 11.1. The number of thiazole rings is 1. The zero-order valence-corrected chi connectivity index (χ0v) is 13.5. The minimum Gasteiger partial charge on any atom is -0.329 e. The molecule has 0 aliphatic heterocycles. The molecule has 3 nitrogen and oxygen atoms in total. The Morgan fingerprint density at radius 2 is 2.05 bits per heavy atom. The van der Waals surface area contributed by atoms with Crippen molar-refractivity contribution < 1.29 is 0 Å². The number of hydrogen-bond donors (Lipinski definition) is 1. The van der Waals surface area contributed by atoms with Crippen LogP contribution < -0.4 is 5.73 Å². The summed E-state index contributed by atoms with van der Waals surface area (Å²) in [5, 5.41) is 3.24. The van der Waals surface area contributed by atoms with Crippen molar-refractivity contribution in [2.45, 2.75) is 33.4 Å². The van der Waals surface area contributed by atoms with Gasteiger partial charge in [-0.25, -0.2) is 4.98 Å². The fourth-order valence-corrected chi connectivity index (χ4v) is 3.13. The van der Waals surface area contributed by atoms with Crippen molar-refractivity contribution in [3.63, 3.8) is 0 Å². The Balaban J connectivity index is 2.20. The summed E-state index contributed by atoms with van der Waals surface area (Å²) in [6.07, 6.45) is 0. The molecule has 2 rings (SSSR count). The highest BCUT2D eigenvalue weighted by Gasteiger charge is 2.18. The largest absolute Gasteiger partial charge is 0.329 e. The number of rotatable bonds is 5.